The van der Waals surface area contributed by atoms with Gasteiger partial charge in [0, 0.05) is 18.6 Å². The first-order chi connectivity index (χ1) is 9.53. The Morgan fingerprint density at radius 3 is 2.40 bits per heavy atom. The maximum absolute atomic E-state index is 6.05. The SMILES string of the molecule is CN(C)C1(CNCc2ccc(Cl)c(Cl)c2)CCCCC1. The molecule has 0 amide bonds. The van der Waals surface area contributed by atoms with Crippen LogP contribution in [-0.4, -0.2) is 31.1 Å². The van der Waals surface area contributed by atoms with Crippen molar-refractivity contribution in [3.05, 3.63) is 33.8 Å². The van der Waals surface area contributed by atoms with E-state index in [-0.39, 0.29) is 0 Å². The van der Waals surface area contributed by atoms with Crippen molar-refractivity contribution in [3.63, 3.8) is 0 Å². The summed E-state index contributed by atoms with van der Waals surface area (Å²) in [5.41, 5.74) is 1.50. The first kappa shape index (κ1) is 16.1. The van der Waals surface area contributed by atoms with Crippen LogP contribution < -0.4 is 5.32 Å². The van der Waals surface area contributed by atoms with Crippen molar-refractivity contribution in [1.82, 2.24) is 10.2 Å². The molecule has 0 aromatic heterocycles. The van der Waals surface area contributed by atoms with Crippen molar-refractivity contribution in [3.8, 4) is 0 Å². The Bertz CT molecular complexity index is 440. The van der Waals surface area contributed by atoms with E-state index in [0.29, 0.717) is 15.6 Å². The van der Waals surface area contributed by atoms with Crippen LogP contribution in [0.15, 0.2) is 18.2 Å². The lowest BCUT2D eigenvalue weighted by atomic mass is 9.80. The molecule has 1 aromatic carbocycles. The van der Waals surface area contributed by atoms with Crippen LogP contribution in [-0.2, 0) is 6.54 Å². The molecule has 1 saturated carbocycles. The highest BCUT2D eigenvalue weighted by atomic mass is 35.5. The molecule has 0 saturated heterocycles. The molecule has 1 N–H and O–H groups in total. The second-order valence-corrected chi connectivity index (χ2v) is 6.85. The minimum Gasteiger partial charge on any atom is -0.311 e. The van der Waals surface area contributed by atoms with E-state index < -0.39 is 0 Å². The van der Waals surface area contributed by atoms with Crippen LogP contribution in [0.1, 0.15) is 37.7 Å². The number of halogens is 2. The zero-order chi connectivity index (χ0) is 14.6. The number of hydrogen-bond donors (Lipinski definition) is 1. The molecular formula is C16H24Cl2N2. The lowest BCUT2D eigenvalue weighted by Crippen LogP contribution is -2.52. The fourth-order valence-electron chi connectivity index (χ4n) is 3.08. The van der Waals surface area contributed by atoms with Gasteiger partial charge in [-0.3, -0.25) is 0 Å². The Labute approximate surface area is 132 Å². The molecule has 2 rings (SSSR count). The van der Waals surface area contributed by atoms with Crippen molar-refractivity contribution in [1.29, 1.82) is 0 Å². The topological polar surface area (TPSA) is 15.3 Å². The van der Waals surface area contributed by atoms with Crippen LogP contribution >= 0.6 is 23.2 Å². The zero-order valence-corrected chi connectivity index (χ0v) is 13.9. The highest BCUT2D eigenvalue weighted by molar-refractivity contribution is 6.42. The Morgan fingerprint density at radius 1 is 1.10 bits per heavy atom. The van der Waals surface area contributed by atoms with Crippen molar-refractivity contribution < 1.29 is 0 Å². The fraction of sp³-hybridized carbons (Fsp3) is 0.625. The summed E-state index contributed by atoms with van der Waals surface area (Å²) in [5, 5.41) is 4.85. The van der Waals surface area contributed by atoms with Gasteiger partial charge in [0.05, 0.1) is 10.0 Å². The van der Waals surface area contributed by atoms with Gasteiger partial charge in [-0.25, -0.2) is 0 Å². The maximum atomic E-state index is 6.05. The molecule has 0 spiro atoms. The van der Waals surface area contributed by atoms with E-state index in [1.807, 2.05) is 18.2 Å². The van der Waals surface area contributed by atoms with Gasteiger partial charge in [-0.15, -0.1) is 0 Å². The van der Waals surface area contributed by atoms with Crippen molar-refractivity contribution in [2.24, 2.45) is 0 Å². The lowest BCUT2D eigenvalue weighted by Gasteiger charge is -2.43. The summed E-state index contributed by atoms with van der Waals surface area (Å²) in [4.78, 5) is 2.40. The van der Waals surface area contributed by atoms with Crippen LogP contribution in [0.3, 0.4) is 0 Å². The summed E-state index contributed by atoms with van der Waals surface area (Å²) in [5.74, 6) is 0. The van der Waals surface area contributed by atoms with Crippen LogP contribution in [0, 0.1) is 0 Å². The third kappa shape index (κ3) is 3.88. The molecule has 1 aliphatic rings. The van der Waals surface area contributed by atoms with E-state index in [4.69, 9.17) is 23.2 Å². The maximum Gasteiger partial charge on any atom is 0.0595 e. The summed E-state index contributed by atoms with van der Waals surface area (Å²) >= 11 is 12.0. The predicted octanol–water partition coefficient (Wildman–Crippen LogP) is 4.35. The second-order valence-electron chi connectivity index (χ2n) is 6.03. The van der Waals surface area contributed by atoms with Crippen molar-refractivity contribution in [2.45, 2.75) is 44.2 Å². The first-order valence-electron chi connectivity index (χ1n) is 7.36. The van der Waals surface area contributed by atoms with Crippen molar-refractivity contribution >= 4 is 23.2 Å². The minimum atomic E-state index is 0.314. The smallest absolute Gasteiger partial charge is 0.0595 e. The van der Waals surface area contributed by atoms with Gasteiger partial charge in [-0.05, 0) is 44.6 Å². The Hall–Kier alpha value is -0.280. The number of nitrogens with zero attached hydrogens (tertiary/aromatic N) is 1. The monoisotopic (exact) mass is 314 g/mol. The van der Waals surface area contributed by atoms with E-state index in [9.17, 15) is 0 Å². The van der Waals surface area contributed by atoms with Gasteiger partial charge in [0.15, 0.2) is 0 Å². The van der Waals surface area contributed by atoms with Gasteiger partial charge < -0.3 is 10.2 Å². The third-order valence-corrected chi connectivity index (χ3v) is 5.24. The highest BCUT2D eigenvalue weighted by Gasteiger charge is 2.33. The summed E-state index contributed by atoms with van der Waals surface area (Å²) in [6.45, 7) is 1.87. The molecule has 0 bridgehead atoms. The van der Waals surface area contributed by atoms with Crippen molar-refractivity contribution in [2.75, 3.05) is 20.6 Å². The van der Waals surface area contributed by atoms with E-state index in [2.05, 4.69) is 24.3 Å². The molecule has 0 radical (unpaired) electrons. The number of likely N-dealkylation sites (N-methyl/N-ethyl adjacent to an activating group) is 1. The molecular weight excluding hydrogens is 291 g/mol. The van der Waals surface area contributed by atoms with E-state index in [1.54, 1.807) is 0 Å². The predicted molar refractivity (Wildman–Crippen MR) is 87.7 cm³/mol. The average molecular weight is 315 g/mol. The Kier molecular flexibility index (Phi) is 5.74. The molecule has 0 atom stereocenters. The number of hydrogen-bond acceptors (Lipinski definition) is 2. The number of nitrogens with one attached hydrogen (secondary N) is 1. The van der Waals surface area contributed by atoms with Gasteiger partial charge >= 0.3 is 0 Å². The molecule has 0 heterocycles. The standard InChI is InChI=1S/C16H24Cl2N2/c1-20(2)16(8-4-3-5-9-16)12-19-11-13-6-7-14(17)15(18)10-13/h6-7,10,19H,3-5,8-9,11-12H2,1-2H3. The van der Waals surface area contributed by atoms with E-state index >= 15 is 0 Å². The summed E-state index contributed by atoms with van der Waals surface area (Å²) in [6, 6.07) is 5.84. The van der Waals surface area contributed by atoms with Crippen LogP contribution in [0.5, 0.6) is 0 Å². The molecule has 2 nitrogen and oxygen atoms in total. The molecule has 112 valence electrons. The first-order valence-corrected chi connectivity index (χ1v) is 8.11. The number of benzene rings is 1. The van der Waals surface area contributed by atoms with Crippen LogP contribution in [0.25, 0.3) is 0 Å². The van der Waals surface area contributed by atoms with E-state index in [0.717, 1.165) is 13.1 Å². The van der Waals surface area contributed by atoms with Crippen LogP contribution in [0.2, 0.25) is 10.0 Å². The molecule has 0 unspecified atom stereocenters. The zero-order valence-electron chi connectivity index (χ0n) is 12.4. The molecule has 1 aromatic rings. The molecule has 0 aliphatic heterocycles. The second kappa shape index (κ2) is 7.13. The molecule has 20 heavy (non-hydrogen) atoms. The molecule has 1 aliphatic carbocycles. The third-order valence-electron chi connectivity index (χ3n) is 4.50. The van der Waals surface area contributed by atoms with Crippen LogP contribution in [0.4, 0.5) is 0 Å². The average Bonchev–Trinajstić information content (AvgIpc) is 2.44. The molecule has 1 fully saturated rings. The molecule has 4 heteroatoms. The van der Waals surface area contributed by atoms with Gasteiger partial charge in [0.1, 0.15) is 0 Å². The summed E-state index contributed by atoms with van der Waals surface area (Å²) < 4.78 is 0. The largest absolute Gasteiger partial charge is 0.311 e. The Balaban J connectivity index is 1.91. The van der Waals surface area contributed by atoms with Gasteiger partial charge in [-0.1, -0.05) is 48.5 Å². The quantitative estimate of drug-likeness (QED) is 0.869. The number of rotatable bonds is 5. The summed E-state index contributed by atoms with van der Waals surface area (Å²) in [6.07, 6.45) is 6.63. The van der Waals surface area contributed by atoms with E-state index in [1.165, 1.54) is 37.7 Å². The fourth-order valence-corrected chi connectivity index (χ4v) is 3.40. The minimum absolute atomic E-state index is 0.314. The Morgan fingerprint density at radius 2 is 1.80 bits per heavy atom. The lowest BCUT2D eigenvalue weighted by molar-refractivity contribution is 0.0984. The summed E-state index contributed by atoms with van der Waals surface area (Å²) in [7, 11) is 4.40. The normalized spacial score (nSPS) is 18.4. The van der Waals surface area contributed by atoms with Gasteiger partial charge in [0.2, 0.25) is 0 Å². The van der Waals surface area contributed by atoms with Gasteiger partial charge in [-0.2, -0.15) is 0 Å². The highest BCUT2D eigenvalue weighted by Crippen LogP contribution is 2.31. The van der Waals surface area contributed by atoms with Gasteiger partial charge in [0.25, 0.3) is 0 Å².